The Kier molecular flexibility index (Phi) is 9.18. The second-order valence-corrected chi connectivity index (χ2v) is 7.11. The molecular weight excluding hydrogens is 439 g/mol. The zero-order chi connectivity index (χ0) is 22.8. The second-order valence-electron chi connectivity index (χ2n) is 6.29. The standard InChI is InChI=1S/C14H11Cl2NO2.C9H11NO2/c15-10-5-3-6-11(16)14(10)17-12-7-2-1-4-9(12)8-13(18)19;1-2-12-9(11)7-3-5-8(10)6-4-7/h1-7,17H,8H2,(H,18,19);3-6H,2,10H2,1H3. The van der Waals surface area contributed by atoms with Gasteiger partial charge in [0.05, 0.1) is 34.3 Å². The van der Waals surface area contributed by atoms with Crippen molar-refractivity contribution < 1.29 is 19.4 Å². The molecule has 0 amide bonds. The number of carbonyl (C=O) groups is 2. The van der Waals surface area contributed by atoms with E-state index in [2.05, 4.69) is 5.32 Å². The summed E-state index contributed by atoms with van der Waals surface area (Å²) < 4.78 is 4.79. The van der Waals surface area contributed by atoms with E-state index < -0.39 is 5.97 Å². The van der Waals surface area contributed by atoms with Crippen LogP contribution in [0.4, 0.5) is 17.1 Å². The van der Waals surface area contributed by atoms with Crippen LogP contribution in [0.5, 0.6) is 0 Å². The summed E-state index contributed by atoms with van der Waals surface area (Å²) in [6.07, 6.45) is -0.0642. The molecule has 0 heterocycles. The van der Waals surface area contributed by atoms with E-state index in [9.17, 15) is 9.59 Å². The van der Waals surface area contributed by atoms with E-state index in [0.29, 0.717) is 44.8 Å². The van der Waals surface area contributed by atoms with Gasteiger partial charge >= 0.3 is 11.9 Å². The van der Waals surface area contributed by atoms with Gasteiger partial charge in [0, 0.05) is 11.4 Å². The molecule has 4 N–H and O–H groups in total. The van der Waals surface area contributed by atoms with Crippen LogP contribution in [0.2, 0.25) is 10.0 Å². The fraction of sp³-hybridized carbons (Fsp3) is 0.130. The monoisotopic (exact) mass is 460 g/mol. The number of carboxylic acid groups (broad SMARTS) is 1. The van der Waals surface area contributed by atoms with Gasteiger partial charge in [-0.3, -0.25) is 4.79 Å². The molecule has 0 aliphatic carbocycles. The van der Waals surface area contributed by atoms with Gasteiger partial charge in [-0.05, 0) is 55.0 Å². The summed E-state index contributed by atoms with van der Waals surface area (Å²) >= 11 is 12.1. The number of aliphatic carboxylic acids is 1. The lowest BCUT2D eigenvalue weighted by molar-refractivity contribution is -0.136. The molecule has 0 aromatic heterocycles. The van der Waals surface area contributed by atoms with Crippen molar-refractivity contribution in [3.05, 3.63) is 87.9 Å². The van der Waals surface area contributed by atoms with Gasteiger partial charge in [-0.15, -0.1) is 0 Å². The maximum Gasteiger partial charge on any atom is 0.338 e. The first-order valence-electron chi connectivity index (χ1n) is 9.35. The molecule has 6 nitrogen and oxygen atoms in total. The van der Waals surface area contributed by atoms with Gasteiger partial charge in [0.25, 0.3) is 0 Å². The molecule has 0 bridgehead atoms. The average molecular weight is 461 g/mol. The number of hydrogen-bond donors (Lipinski definition) is 3. The smallest absolute Gasteiger partial charge is 0.338 e. The van der Waals surface area contributed by atoms with Crippen LogP contribution in [-0.4, -0.2) is 23.7 Å². The van der Waals surface area contributed by atoms with Gasteiger partial charge in [0.2, 0.25) is 0 Å². The van der Waals surface area contributed by atoms with Crippen molar-refractivity contribution in [1.29, 1.82) is 0 Å². The third-order valence-corrected chi connectivity index (χ3v) is 4.63. The maximum absolute atomic E-state index is 11.1. The molecule has 8 heteroatoms. The normalized spacial score (nSPS) is 9.90. The molecule has 0 fully saturated rings. The van der Waals surface area contributed by atoms with E-state index in [4.69, 9.17) is 38.8 Å². The number of para-hydroxylation sites is 2. The zero-order valence-corrected chi connectivity index (χ0v) is 18.3. The van der Waals surface area contributed by atoms with E-state index in [1.807, 2.05) is 6.07 Å². The highest BCUT2D eigenvalue weighted by molar-refractivity contribution is 6.39. The number of rotatable bonds is 6. The molecule has 3 rings (SSSR count). The molecule has 0 saturated heterocycles. The minimum absolute atomic E-state index is 0.0642. The Hall–Kier alpha value is -3.22. The third-order valence-electron chi connectivity index (χ3n) is 4.00. The fourth-order valence-electron chi connectivity index (χ4n) is 2.54. The Labute approximate surface area is 190 Å². The molecule has 0 aliphatic rings. The van der Waals surface area contributed by atoms with Gasteiger partial charge in [0.1, 0.15) is 0 Å². The summed E-state index contributed by atoms with van der Waals surface area (Å²) in [6.45, 7) is 2.17. The van der Waals surface area contributed by atoms with Crippen molar-refractivity contribution in [3.63, 3.8) is 0 Å². The van der Waals surface area contributed by atoms with Crippen molar-refractivity contribution >= 4 is 52.2 Å². The number of nitrogen functional groups attached to an aromatic ring is 1. The van der Waals surface area contributed by atoms with Crippen LogP contribution in [-0.2, 0) is 16.0 Å². The molecule has 0 atom stereocenters. The quantitative estimate of drug-likeness (QED) is 0.316. The lowest BCUT2D eigenvalue weighted by atomic mass is 10.1. The molecular formula is C23H22Cl2N2O4. The molecule has 0 radical (unpaired) electrons. The first-order valence-corrected chi connectivity index (χ1v) is 10.1. The van der Waals surface area contributed by atoms with Crippen LogP contribution < -0.4 is 11.1 Å². The third kappa shape index (κ3) is 7.51. The van der Waals surface area contributed by atoms with Crippen LogP contribution in [0, 0.1) is 0 Å². The van der Waals surface area contributed by atoms with Crippen molar-refractivity contribution in [2.75, 3.05) is 17.7 Å². The topological polar surface area (TPSA) is 102 Å². The van der Waals surface area contributed by atoms with E-state index in [1.54, 1.807) is 67.6 Å². The van der Waals surface area contributed by atoms with Crippen LogP contribution in [0.25, 0.3) is 0 Å². The van der Waals surface area contributed by atoms with Gasteiger partial charge in [-0.25, -0.2) is 4.79 Å². The predicted molar refractivity (Wildman–Crippen MR) is 124 cm³/mol. The number of carbonyl (C=O) groups excluding carboxylic acids is 1. The first kappa shape index (κ1) is 24.1. The summed E-state index contributed by atoms with van der Waals surface area (Å²) in [6, 6.07) is 19.0. The number of anilines is 3. The van der Waals surface area contributed by atoms with Crippen LogP contribution in [0.15, 0.2) is 66.7 Å². The zero-order valence-electron chi connectivity index (χ0n) is 16.8. The molecule has 3 aromatic carbocycles. The van der Waals surface area contributed by atoms with Crippen molar-refractivity contribution in [1.82, 2.24) is 0 Å². The van der Waals surface area contributed by atoms with Crippen LogP contribution >= 0.6 is 23.2 Å². The number of hydrogen-bond acceptors (Lipinski definition) is 5. The fourth-order valence-corrected chi connectivity index (χ4v) is 3.04. The minimum Gasteiger partial charge on any atom is -0.481 e. The highest BCUT2D eigenvalue weighted by Gasteiger charge is 2.10. The van der Waals surface area contributed by atoms with E-state index >= 15 is 0 Å². The largest absolute Gasteiger partial charge is 0.481 e. The van der Waals surface area contributed by atoms with Gasteiger partial charge in [-0.2, -0.15) is 0 Å². The molecule has 0 spiro atoms. The van der Waals surface area contributed by atoms with E-state index in [0.717, 1.165) is 0 Å². The number of ether oxygens (including phenoxy) is 1. The molecule has 0 unspecified atom stereocenters. The maximum atomic E-state index is 11.1. The highest BCUT2D eigenvalue weighted by Crippen LogP contribution is 2.33. The van der Waals surface area contributed by atoms with Crippen LogP contribution in [0.3, 0.4) is 0 Å². The molecule has 3 aromatic rings. The number of nitrogens with two attached hydrogens (primary N) is 1. The van der Waals surface area contributed by atoms with Gasteiger partial charge < -0.3 is 20.9 Å². The number of nitrogens with one attached hydrogen (secondary N) is 1. The summed E-state index contributed by atoms with van der Waals surface area (Å²) in [7, 11) is 0. The lowest BCUT2D eigenvalue weighted by Gasteiger charge is -2.13. The van der Waals surface area contributed by atoms with Gasteiger partial charge in [-0.1, -0.05) is 47.5 Å². The Morgan fingerprint density at radius 3 is 2.16 bits per heavy atom. The number of esters is 1. The van der Waals surface area contributed by atoms with E-state index in [-0.39, 0.29) is 12.4 Å². The van der Waals surface area contributed by atoms with Crippen molar-refractivity contribution in [2.24, 2.45) is 0 Å². The molecule has 0 saturated carbocycles. The van der Waals surface area contributed by atoms with Crippen molar-refractivity contribution in [2.45, 2.75) is 13.3 Å². The summed E-state index contributed by atoms with van der Waals surface area (Å²) in [5, 5.41) is 12.9. The second kappa shape index (κ2) is 11.8. The highest BCUT2D eigenvalue weighted by atomic mass is 35.5. The average Bonchev–Trinajstić information content (AvgIpc) is 2.73. The molecule has 31 heavy (non-hydrogen) atoms. The van der Waals surface area contributed by atoms with Gasteiger partial charge in [0.15, 0.2) is 0 Å². The molecule has 0 aliphatic heterocycles. The summed E-state index contributed by atoms with van der Waals surface area (Å²) in [5.41, 5.74) is 8.55. The Morgan fingerprint density at radius 1 is 0.968 bits per heavy atom. The Bertz CT molecular complexity index is 1020. The Morgan fingerprint density at radius 2 is 1.58 bits per heavy atom. The SMILES string of the molecule is CCOC(=O)c1ccc(N)cc1.O=C(O)Cc1ccccc1Nc1c(Cl)cccc1Cl. The predicted octanol–water partition coefficient (Wildman–Crippen LogP) is 5.81. The number of halogens is 2. The van der Waals surface area contributed by atoms with Crippen LogP contribution in [0.1, 0.15) is 22.8 Å². The Balaban J connectivity index is 0.000000245. The molecule has 162 valence electrons. The summed E-state index contributed by atoms with van der Waals surface area (Å²) in [4.78, 5) is 21.9. The summed E-state index contributed by atoms with van der Waals surface area (Å²) in [5.74, 6) is -1.20. The number of benzene rings is 3. The van der Waals surface area contributed by atoms with E-state index in [1.165, 1.54) is 0 Å². The first-order chi connectivity index (χ1) is 14.8. The number of carboxylic acids is 1. The lowest BCUT2D eigenvalue weighted by Crippen LogP contribution is -2.04. The van der Waals surface area contributed by atoms with Crippen molar-refractivity contribution in [3.8, 4) is 0 Å². The minimum atomic E-state index is -0.889.